The molecule has 21 heavy (non-hydrogen) atoms. The van der Waals surface area contributed by atoms with Crippen molar-refractivity contribution in [2.45, 2.75) is 52.2 Å². The van der Waals surface area contributed by atoms with Gasteiger partial charge in [0.1, 0.15) is 5.69 Å². The Morgan fingerprint density at radius 3 is 2.62 bits per heavy atom. The van der Waals surface area contributed by atoms with Gasteiger partial charge >= 0.3 is 0 Å². The number of aryl methyl sites for hydroxylation is 1. The number of carbonyl (C=O) groups is 1. The Labute approximate surface area is 127 Å². The van der Waals surface area contributed by atoms with E-state index in [1.54, 1.807) is 24.0 Å². The summed E-state index contributed by atoms with van der Waals surface area (Å²) < 4.78 is 7.53. The minimum atomic E-state index is 0.0428. The van der Waals surface area contributed by atoms with Gasteiger partial charge in [0.05, 0.1) is 6.10 Å². The van der Waals surface area contributed by atoms with Crippen LogP contribution in [0, 0.1) is 5.41 Å². The van der Waals surface area contributed by atoms with E-state index < -0.39 is 0 Å². The summed E-state index contributed by atoms with van der Waals surface area (Å²) in [5.41, 5.74) is 0.720. The van der Waals surface area contributed by atoms with Crippen molar-refractivity contribution in [1.29, 1.82) is 0 Å². The first-order chi connectivity index (χ1) is 10.0. The van der Waals surface area contributed by atoms with Gasteiger partial charge in [0, 0.05) is 38.4 Å². The van der Waals surface area contributed by atoms with Crippen LogP contribution in [0.25, 0.3) is 0 Å². The fourth-order valence-corrected chi connectivity index (χ4v) is 3.79. The quantitative estimate of drug-likeness (QED) is 0.809. The Morgan fingerprint density at radius 2 is 2.14 bits per heavy atom. The van der Waals surface area contributed by atoms with Crippen molar-refractivity contribution >= 4 is 5.91 Å². The zero-order valence-electron chi connectivity index (χ0n) is 13.8. The van der Waals surface area contributed by atoms with Crippen molar-refractivity contribution < 1.29 is 9.53 Å². The first-order valence-electron chi connectivity index (χ1n) is 7.88. The molecular weight excluding hydrogens is 266 g/mol. The second kappa shape index (κ2) is 6.18. The predicted octanol–water partition coefficient (Wildman–Crippen LogP) is 2.48. The van der Waals surface area contributed by atoms with E-state index in [0.717, 1.165) is 25.9 Å². The van der Waals surface area contributed by atoms with Crippen LogP contribution >= 0.6 is 0 Å². The molecule has 0 unspecified atom stereocenters. The number of carbonyl (C=O) groups excluding carboxylic acids is 1. The molecule has 1 aliphatic rings. The van der Waals surface area contributed by atoms with Crippen molar-refractivity contribution in [2.75, 3.05) is 13.7 Å². The molecule has 1 aromatic heterocycles. The minimum absolute atomic E-state index is 0.0428. The van der Waals surface area contributed by atoms with Gasteiger partial charge in [-0.1, -0.05) is 13.8 Å². The lowest BCUT2D eigenvalue weighted by molar-refractivity contribution is -0.159. The van der Waals surface area contributed by atoms with Crippen LogP contribution in [0.1, 0.15) is 50.5 Å². The molecule has 1 amide bonds. The Balaban J connectivity index is 2.18. The fraction of sp³-hybridized carbons (Fsp3) is 0.750. The third kappa shape index (κ3) is 2.48. The normalized spacial score (nSPS) is 23.7. The molecule has 1 aromatic rings. The minimum Gasteiger partial charge on any atom is -0.378 e. The molecule has 5 nitrogen and oxygen atoms in total. The summed E-state index contributed by atoms with van der Waals surface area (Å²) in [5, 5.41) is 4.09. The van der Waals surface area contributed by atoms with Crippen molar-refractivity contribution in [3.8, 4) is 0 Å². The van der Waals surface area contributed by atoms with Crippen LogP contribution in [-0.4, -0.2) is 46.4 Å². The molecule has 0 radical (unpaired) electrons. The first kappa shape index (κ1) is 16.0. The molecule has 0 bridgehead atoms. The molecular formula is C16H27N3O2. The van der Waals surface area contributed by atoms with E-state index in [-0.39, 0.29) is 23.5 Å². The van der Waals surface area contributed by atoms with Gasteiger partial charge in [-0.25, -0.2) is 0 Å². The zero-order chi connectivity index (χ0) is 15.6. The maximum Gasteiger partial charge on any atom is 0.272 e. The Bertz CT molecular complexity index is 493. The molecule has 2 rings (SSSR count). The highest BCUT2D eigenvalue weighted by Gasteiger charge is 2.55. The first-order valence-corrected chi connectivity index (χ1v) is 7.88. The second-order valence-corrected chi connectivity index (χ2v) is 5.89. The standard InChI is InChI=1S/C16H27N3O2/c1-6-16(7-2)13(11-14(16)21-8-3)18(4)15(20)12-9-10-17-19(12)5/h9-10,13-14H,6-8,11H2,1-5H3/t13-,14+/m0/s1. The SMILES string of the molecule is CCO[C@@H]1C[C@H](N(C)C(=O)c2ccnn2C)C1(CC)CC. The van der Waals surface area contributed by atoms with Gasteiger partial charge in [-0.2, -0.15) is 5.10 Å². The van der Waals surface area contributed by atoms with Gasteiger partial charge in [0.25, 0.3) is 5.91 Å². The second-order valence-electron chi connectivity index (χ2n) is 5.89. The molecule has 0 N–H and O–H groups in total. The third-order valence-electron chi connectivity index (χ3n) is 5.25. The number of rotatable bonds is 6. The molecule has 0 aliphatic heterocycles. The third-order valence-corrected chi connectivity index (χ3v) is 5.25. The maximum absolute atomic E-state index is 12.7. The molecule has 5 heteroatoms. The van der Waals surface area contributed by atoms with Crippen LogP contribution in [-0.2, 0) is 11.8 Å². The van der Waals surface area contributed by atoms with Gasteiger partial charge in [0.2, 0.25) is 0 Å². The van der Waals surface area contributed by atoms with Crippen LogP contribution in [0.2, 0.25) is 0 Å². The summed E-state index contributed by atoms with van der Waals surface area (Å²) in [5.74, 6) is 0.0428. The van der Waals surface area contributed by atoms with Gasteiger partial charge in [-0.3, -0.25) is 9.48 Å². The van der Waals surface area contributed by atoms with Crippen molar-refractivity contribution in [1.82, 2.24) is 14.7 Å². The highest BCUT2D eigenvalue weighted by atomic mass is 16.5. The van der Waals surface area contributed by atoms with Crippen LogP contribution < -0.4 is 0 Å². The van der Waals surface area contributed by atoms with Crippen LogP contribution in [0.3, 0.4) is 0 Å². The van der Waals surface area contributed by atoms with Crippen LogP contribution in [0.5, 0.6) is 0 Å². The van der Waals surface area contributed by atoms with E-state index in [1.807, 2.05) is 18.9 Å². The molecule has 1 aliphatic carbocycles. The van der Waals surface area contributed by atoms with Crippen molar-refractivity contribution in [3.05, 3.63) is 18.0 Å². The number of ether oxygens (including phenoxy) is 1. The summed E-state index contributed by atoms with van der Waals surface area (Å²) >= 11 is 0. The van der Waals surface area contributed by atoms with Crippen LogP contribution in [0.15, 0.2) is 12.3 Å². The van der Waals surface area contributed by atoms with E-state index in [9.17, 15) is 4.79 Å². The summed E-state index contributed by atoms with van der Waals surface area (Å²) in [6, 6.07) is 2.02. The Morgan fingerprint density at radius 1 is 1.48 bits per heavy atom. The fourth-order valence-electron chi connectivity index (χ4n) is 3.79. The summed E-state index contributed by atoms with van der Waals surface area (Å²) in [6.07, 6.45) is 4.92. The lowest BCUT2D eigenvalue weighted by Crippen LogP contribution is -2.64. The molecule has 1 heterocycles. The monoisotopic (exact) mass is 293 g/mol. The summed E-state index contributed by atoms with van der Waals surface area (Å²) in [4.78, 5) is 14.6. The Kier molecular flexibility index (Phi) is 4.71. The smallest absolute Gasteiger partial charge is 0.272 e. The predicted molar refractivity (Wildman–Crippen MR) is 82.1 cm³/mol. The molecule has 0 spiro atoms. The number of hydrogen-bond donors (Lipinski definition) is 0. The molecule has 1 fully saturated rings. The van der Waals surface area contributed by atoms with E-state index in [0.29, 0.717) is 5.69 Å². The molecule has 2 atom stereocenters. The van der Waals surface area contributed by atoms with Gasteiger partial charge in [0.15, 0.2) is 0 Å². The topological polar surface area (TPSA) is 47.4 Å². The summed E-state index contributed by atoms with van der Waals surface area (Å²) in [7, 11) is 3.71. The van der Waals surface area contributed by atoms with E-state index in [1.165, 1.54) is 0 Å². The zero-order valence-corrected chi connectivity index (χ0v) is 13.8. The van der Waals surface area contributed by atoms with Gasteiger partial charge in [-0.15, -0.1) is 0 Å². The number of nitrogens with zero attached hydrogens (tertiary/aromatic N) is 3. The molecule has 1 saturated carbocycles. The Hall–Kier alpha value is -1.36. The number of amides is 1. The highest BCUT2D eigenvalue weighted by molar-refractivity contribution is 5.92. The number of hydrogen-bond acceptors (Lipinski definition) is 3. The van der Waals surface area contributed by atoms with E-state index in [2.05, 4.69) is 18.9 Å². The largest absolute Gasteiger partial charge is 0.378 e. The van der Waals surface area contributed by atoms with Crippen molar-refractivity contribution in [2.24, 2.45) is 12.5 Å². The maximum atomic E-state index is 12.7. The van der Waals surface area contributed by atoms with Crippen LogP contribution in [0.4, 0.5) is 0 Å². The van der Waals surface area contributed by atoms with E-state index in [4.69, 9.17) is 4.74 Å². The highest BCUT2D eigenvalue weighted by Crippen LogP contribution is 2.51. The molecule has 0 saturated heterocycles. The summed E-state index contributed by atoms with van der Waals surface area (Å²) in [6.45, 7) is 7.17. The van der Waals surface area contributed by atoms with Crippen molar-refractivity contribution in [3.63, 3.8) is 0 Å². The van der Waals surface area contributed by atoms with Gasteiger partial charge < -0.3 is 9.64 Å². The lowest BCUT2D eigenvalue weighted by atomic mass is 9.58. The molecule has 0 aromatic carbocycles. The lowest BCUT2D eigenvalue weighted by Gasteiger charge is -2.58. The average Bonchev–Trinajstić information content (AvgIpc) is 2.89. The average molecular weight is 293 g/mol. The van der Waals surface area contributed by atoms with Gasteiger partial charge in [-0.05, 0) is 32.3 Å². The molecule has 118 valence electrons. The number of aromatic nitrogens is 2. The van der Waals surface area contributed by atoms with E-state index >= 15 is 0 Å².